The average molecular weight is 242 g/mol. The normalized spacial score (nSPS) is 15.8. The van der Waals surface area contributed by atoms with Crippen molar-refractivity contribution in [2.45, 2.75) is 18.9 Å². The molecule has 2 rings (SSSR count). The van der Waals surface area contributed by atoms with E-state index in [4.69, 9.17) is 10.5 Å². The Morgan fingerprint density at radius 2 is 2.12 bits per heavy atom. The number of rotatable bonds is 4. The summed E-state index contributed by atoms with van der Waals surface area (Å²) in [6.45, 7) is 0. The van der Waals surface area contributed by atoms with Crippen molar-refractivity contribution >= 4 is 21.4 Å². The highest BCUT2D eigenvalue weighted by atomic mass is 32.2. The molecule has 0 spiro atoms. The molecule has 6 heteroatoms. The van der Waals surface area contributed by atoms with Gasteiger partial charge < -0.3 is 10.5 Å². The second-order valence-corrected chi connectivity index (χ2v) is 5.70. The predicted octanol–water partition coefficient (Wildman–Crippen LogP) is 1.18. The summed E-state index contributed by atoms with van der Waals surface area (Å²) in [6, 6.07) is 4.92. The van der Waals surface area contributed by atoms with E-state index in [9.17, 15) is 8.42 Å². The number of anilines is 2. The highest BCUT2D eigenvalue weighted by Crippen LogP contribution is 2.33. The lowest BCUT2D eigenvalue weighted by atomic mass is 10.2. The molecule has 16 heavy (non-hydrogen) atoms. The van der Waals surface area contributed by atoms with Gasteiger partial charge in [0.05, 0.1) is 18.0 Å². The Bertz CT molecular complexity index is 495. The molecule has 0 amide bonds. The molecular weight excluding hydrogens is 228 g/mol. The molecule has 0 saturated heterocycles. The molecule has 1 saturated carbocycles. The van der Waals surface area contributed by atoms with Crippen LogP contribution in [0.5, 0.6) is 5.75 Å². The monoisotopic (exact) mass is 242 g/mol. The van der Waals surface area contributed by atoms with Crippen molar-refractivity contribution in [1.82, 2.24) is 0 Å². The number of hydrogen-bond donors (Lipinski definition) is 2. The van der Waals surface area contributed by atoms with Gasteiger partial charge in [0, 0.05) is 5.69 Å². The van der Waals surface area contributed by atoms with E-state index in [0.717, 1.165) is 19.1 Å². The summed E-state index contributed by atoms with van der Waals surface area (Å²) in [5, 5.41) is 0. The van der Waals surface area contributed by atoms with Crippen molar-refractivity contribution in [3.05, 3.63) is 18.2 Å². The highest BCUT2D eigenvalue weighted by Gasteiger charge is 2.25. The maximum atomic E-state index is 11.2. The van der Waals surface area contributed by atoms with E-state index in [2.05, 4.69) is 4.72 Å². The van der Waals surface area contributed by atoms with Gasteiger partial charge in [0.15, 0.2) is 0 Å². The largest absolute Gasteiger partial charge is 0.488 e. The zero-order valence-electron chi connectivity index (χ0n) is 8.93. The molecule has 5 nitrogen and oxygen atoms in total. The molecule has 0 atom stereocenters. The van der Waals surface area contributed by atoms with Gasteiger partial charge in [-0.05, 0) is 31.0 Å². The molecule has 0 unspecified atom stereocenters. The first-order chi connectivity index (χ1) is 7.44. The van der Waals surface area contributed by atoms with Gasteiger partial charge in [0.2, 0.25) is 10.0 Å². The molecule has 1 aliphatic rings. The first-order valence-corrected chi connectivity index (χ1v) is 6.87. The van der Waals surface area contributed by atoms with Crippen molar-refractivity contribution in [1.29, 1.82) is 0 Å². The number of nitrogen functional groups attached to an aromatic ring is 1. The number of nitrogens with one attached hydrogen (secondary N) is 1. The quantitative estimate of drug-likeness (QED) is 0.777. The molecule has 1 fully saturated rings. The van der Waals surface area contributed by atoms with E-state index in [0.29, 0.717) is 17.1 Å². The smallest absolute Gasteiger partial charge is 0.229 e. The predicted molar refractivity (Wildman–Crippen MR) is 63.0 cm³/mol. The van der Waals surface area contributed by atoms with Crippen molar-refractivity contribution in [2.24, 2.45) is 0 Å². The fourth-order valence-corrected chi connectivity index (χ4v) is 1.85. The zero-order valence-corrected chi connectivity index (χ0v) is 9.75. The number of benzene rings is 1. The number of sulfonamides is 1. The van der Waals surface area contributed by atoms with E-state index in [1.54, 1.807) is 18.2 Å². The van der Waals surface area contributed by atoms with Crippen LogP contribution in [0.3, 0.4) is 0 Å². The summed E-state index contributed by atoms with van der Waals surface area (Å²) in [5.41, 5.74) is 6.49. The molecule has 0 radical (unpaired) electrons. The Morgan fingerprint density at radius 3 is 2.69 bits per heavy atom. The van der Waals surface area contributed by atoms with Crippen molar-refractivity contribution in [3.63, 3.8) is 0 Å². The van der Waals surface area contributed by atoms with Gasteiger partial charge in [-0.25, -0.2) is 8.42 Å². The van der Waals surface area contributed by atoms with Crippen LogP contribution in [0.4, 0.5) is 11.4 Å². The number of hydrogen-bond acceptors (Lipinski definition) is 4. The zero-order chi connectivity index (χ0) is 11.8. The lowest BCUT2D eigenvalue weighted by Gasteiger charge is -2.12. The molecule has 88 valence electrons. The number of nitrogens with two attached hydrogens (primary N) is 1. The van der Waals surface area contributed by atoms with Crippen LogP contribution in [0.15, 0.2) is 18.2 Å². The fourth-order valence-electron chi connectivity index (χ4n) is 1.30. The van der Waals surface area contributed by atoms with Crippen LogP contribution in [0, 0.1) is 0 Å². The van der Waals surface area contributed by atoms with E-state index in [1.807, 2.05) is 0 Å². The Balaban J connectivity index is 2.27. The van der Waals surface area contributed by atoms with Crippen LogP contribution in [0.25, 0.3) is 0 Å². The van der Waals surface area contributed by atoms with Gasteiger partial charge in [-0.2, -0.15) is 0 Å². The molecule has 0 heterocycles. The molecule has 1 aromatic rings. The lowest BCUT2D eigenvalue weighted by Crippen LogP contribution is -2.11. The Morgan fingerprint density at radius 1 is 1.44 bits per heavy atom. The molecule has 0 bridgehead atoms. The minimum Gasteiger partial charge on any atom is -0.488 e. The highest BCUT2D eigenvalue weighted by molar-refractivity contribution is 7.92. The van der Waals surface area contributed by atoms with Gasteiger partial charge in [-0.15, -0.1) is 0 Å². The van der Waals surface area contributed by atoms with E-state index < -0.39 is 10.0 Å². The van der Waals surface area contributed by atoms with E-state index >= 15 is 0 Å². The Hall–Kier alpha value is -1.43. The van der Waals surface area contributed by atoms with E-state index in [1.165, 1.54) is 0 Å². The molecular formula is C10H14N2O3S. The molecule has 3 N–H and O–H groups in total. The molecule has 1 aromatic carbocycles. The third-order valence-corrected chi connectivity index (χ3v) is 2.71. The van der Waals surface area contributed by atoms with Gasteiger partial charge in [-0.1, -0.05) is 0 Å². The van der Waals surface area contributed by atoms with Crippen molar-refractivity contribution < 1.29 is 13.2 Å². The second kappa shape index (κ2) is 3.86. The fraction of sp³-hybridized carbons (Fsp3) is 0.400. The van der Waals surface area contributed by atoms with Gasteiger partial charge in [0.25, 0.3) is 0 Å². The summed E-state index contributed by atoms with van der Waals surface area (Å²) < 4.78 is 30.3. The van der Waals surface area contributed by atoms with Gasteiger partial charge in [0.1, 0.15) is 5.75 Å². The van der Waals surface area contributed by atoms with Crippen LogP contribution in [-0.2, 0) is 10.0 Å². The standard InChI is InChI=1S/C10H14N2O3S/c1-16(13,14)12-9-6-7(11)2-5-10(9)15-8-3-4-8/h2,5-6,8,12H,3-4,11H2,1H3. The Labute approximate surface area is 94.6 Å². The summed E-state index contributed by atoms with van der Waals surface area (Å²) in [6.07, 6.45) is 3.34. The van der Waals surface area contributed by atoms with Crippen LogP contribution >= 0.6 is 0 Å². The minimum absolute atomic E-state index is 0.212. The SMILES string of the molecule is CS(=O)(=O)Nc1cc(N)ccc1OC1CC1. The topological polar surface area (TPSA) is 81.4 Å². The van der Waals surface area contributed by atoms with Gasteiger partial charge in [-0.3, -0.25) is 4.72 Å². The third-order valence-electron chi connectivity index (χ3n) is 2.12. The average Bonchev–Trinajstić information content (AvgIpc) is 2.91. The number of ether oxygens (including phenoxy) is 1. The first-order valence-electron chi connectivity index (χ1n) is 4.98. The van der Waals surface area contributed by atoms with Crippen LogP contribution in [0.1, 0.15) is 12.8 Å². The van der Waals surface area contributed by atoms with Crippen molar-refractivity contribution in [2.75, 3.05) is 16.7 Å². The first kappa shape index (κ1) is 11.1. The van der Waals surface area contributed by atoms with Gasteiger partial charge >= 0.3 is 0 Å². The third kappa shape index (κ3) is 3.03. The van der Waals surface area contributed by atoms with E-state index in [-0.39, 0.29) is 6.10 Å². The Kier molecular flexibility index (Phi) is 2.67. The summed E-state index contributed by atoms with van der Waals surface area (Å²) in [5.74, 6) is 0.530. The summed E-state index contributed by atoms with van der Waals surface area (Å²) >= 11 is 0. The molecule has 0 aromatic heterocycles. The minimum atomic E-state index is -3.32. The maximum absolute atomic E-state index is 11.2. The lowest BCUT2D eigenvalue weighted by molar-refractivity contribution is 0.305. The molecule has 1 aliphatic carbocycles. The van der Waals surface area contributed by atoms with Crippen LogP contribution in [0.2, 0.25) is 0 Å². The maximum Gasteiger partial charge on any atom is 0.229 e. The second-order valence-electron chi connectivity index (χ2n) is 3.95. The summed E-state index contributed by atoms with van der Waals surface area (Å²) in [4.78, 5) is 0. The summed E-state index contributed by atoms with van der Waals surface area (Å²) in [7, 11) is -3.32. The van der Waals surface area contributed by atoms with Crippen LogP contribution < -0.4 is 15.2 Å². The molecule has 0 aliphatic heterocycles. The van der Waals surface area contributed by atoms with Crippen molar-refractivity contribution in [3.8, 4) is 5.75 Å². The van der Waals surface area contributed by atoms with Crippen LogP contribution in [-0.4, -0.2) is 20.8 Å².